The second-order valence-corrected chi connectivity index (χ2v) is 6.56. The van der Waals surface area contributed by atoms with Gasteiger partial charge in [0.25, 0.3) is 0 Å². The van der Waals surface area contributed by atoms with E-state index in [1.54, 1.807) is 4.52 Å². The molecule has 2 N–H and O–H groups in total. The van der Waals surface area contributed by atoms with Crippen molar-refractivity contribution in [3.8, 4) is 11.3 Å². The minimum atomic E-state index is 0.295. The molecule has 1 aliphatic heterocycles. The molecule has 0 atom stereocenters. The van der Waals surface area contributed by atoms with Gasteiger partial charge in [-0.2, -0.15) is 4.98 Å². The number of likely N-dealkylation sites (tertiary alicyclic amines) is 1. The van der Waals surface area contributed by atoms with Crippen LogP contribution in [0.15, 0.2) is 42.5 Å². The molecule has 3 heterocycles. The zero-order chi connectivity index (χ0) is 17.2. The molecule has 6 heteroatoms. The van der Waals surface area contributed by atoms with Gasteiger partial charge >= 0.3 is 0 Å². The molecule has 6 nitrogen and oxygen atoms in total. The van der Waals surface area contributed by atoms with Gasteiger partial charge < -0.3 is 10.5 Å². The number of nitrogens with zero attached hydrogens (tertiary/aromatic N) is 4. The number of nitrogen functional groups attached to an aromatic ring is 1. The smallest absolute Gasteiger partial charge is 0.240 e. The lowest BCUT2D eigenvalue weighted by Gasteiger charge is -2.31. The number of aromatic nitrogens is 3. The molecule has 0 aliphatic carbocycles. The Morgan fingerprint density at radius 2 is 1.88 bits per heavy atom. The van der Waals surface area contributed by atoms with E-state index >= 15 is 0 Å². The average molecular weight is 337 g/mol. The van der Waals surface area contributed by atoms with Crippen LogP contribution in [0.25, 0.3) is 16.9 Å². The van der Waals surface area contributed by atoms with E-state index in [0.717, 1.165) is 49.4 Å². The molecule has 0 bridgehead atoms. The second kappa shape index (κ2) is 6.82. The van der Waals surface area contributed by atoms with Crippen LogP contribution in [0.2, 0.25) is 0 Å². The second-order valence-electron chi connectivity index (χ2n) is 6.56. The van der Waals surface area contributed by atoms with Crippen molar-refractivity contribution in [1.29, 1.82) is 0 Å². The predicted octanol–water partition coefficient (Wildman–Crippen LogP) is 2.59. The fourth-order valence-electron chi connectivity index (χ4n) is 3.48. The maximum absolute atomic E-state index is 5.73. The van der Waals surface area contributed by atoms with Gasteiger partial charge in [-0.05, 0) is 30.5 Å². The van der Waals surface area contributed by atoms with E-state index in [0.29, 0.717) is 12.1 Å². The molecule has 0 amide bonds. The number of pyridine rings is 1. The standard InChI is InChI=1S/C19H23N5O/c1-25-16-9-11-23(12-10-16)13-14-5-7-15(8-6-14)17-3-2-4-18-21-19(20)22-24(17)18/h2-8,16H,9-13H2,1H3,(H2,20,22). The van der Waals surface area contributed by atoms with Gasteiger partial charge in [-0.25, -0.2) is 4.52 Å². The van der Waals surface area contributed by atoms with Gasteiger partial charge in [0.1, 0.15) is 0 Å². The fourth-order valence-corrected chi connectivity index (χ4v) is 3.48. The van der Waals surface area contributed by atoms with Gasteiger partial charge in [-0.1, -0.05) is 30.3 Å². The molecule has 2 aromatic heterocycles. The Kier molecular flexibility index (Phi) is 4.38. The van der Waals surface area contributed by atoms with E-state index in [1.807, 2.05) is 25.3 Å². The zero-order valence-electron chi connectivity index (χ0n) is 14.4. The Morgan fingerprint density at radius 3 is 2.60 bits per heavy atom. The van der Waals surface area contributed by atoms with Crippen molar-refractivity contribution in [3.63, 3.8) is 0 Å². The highest BCUT2D eigenvalue weighted by Crippen LogP contribution is 2.22. The lowest BCUT2D eigenvalue weighted by atomic mass is 10.1. The van der Waals surface area contributed by atoms with Crippen LogP contribution in [0.3, 0.4) is 0 Å². The summed E-state index contributed by atoms with van der Waals surface area (Å²) in [6.07, 6.45) is 2.66. The number of hydrogen-bond donors (Lipinski definition) is 1. The van der Waals surface area contributed by atoms with Gasteiger partial charge in [0.15, 0.2) is 5.65 Å². The van der Waals surface area contributed by atoms with Crippen molar-refractivity contribution in [1.82, 2.24) is 19.5 Å². The Bertz CT molecular complexity index is 850. The van der Waals surface area contributed by atoms with Crippen molar-refractivity contribution in [2.75, 3.05) is 25.9 Å². The van der Waals surface area contributed by atoms with Crippen molar-refractivity contribution >= 4 is 11.6 Å². The minimum Gasteiger partial charge on any atom is -0.381 e. The van der Waals surface area contributed by atoms with Crippen LogP contribution in [-0.4, -0.2) is 45.8 Å². The Hall–Kier alpha value is -2.44. The molecule has 25 heavy (non-hydrogen) atoms. The van der Waals surface area contributed by atoms with Crippen molar-refractivity contribution in [2.45, 2.75) is 25.5 Å². The quantitative estimate of drug-likeness (QED) is 0.792. The largest absolute Gasteiger partial charge is 0.381 e. The van der Waals surface area contributed by atoms with E-state index in [4.69, 9.17) is 10.5 Å². The van der Waals surface area contributed by atoms with Gasteiger partial charge in [0.2, 0.25) is 5.95 Å². The molecular weight excluding hydrogens is 314 g/mol. The molecule has 1 saturated heterocycles. The molecule has 1 aromatic carbocycles. The number of methoxy groups -OCH3 is 1. The van der Waals surface area contributed by atoms with E-state index in [2.05, 4.69) is 39.2 Å². The van der Waals surface area contributed by atoms with Crippen LogP contribution in [-0.2, 0) is 11.3 Å². The highest BCUT2D eigenvalue weighted by atomic mass is 16.5. The maximum atomic E-state index is 5.73. The molecule has 0 radical (unpaired) electrons. The summed E-state index contributed by atoms with van der Waals surface area (Å²) in [5.74, 6) is 0.295. The first-order valence-electron chi connectivity index (χ1n) is 8.68. The minimum absolute atomic E-state index is 0.295. The van der Waals surface area contributed by atoms with Gasteiger partial charge in [0.05, 0.1) is 11.8 Å². The number of piperidine rings is 1. The van der Waals surface area contributed by atoms with E-state index in [1.165, 1.54) is 5.56 Å². The Morgan fingerprint density at radius 1 is 1.12 bits per heavy atom. The lowest BCUT2D eigenvalue weighted by Crippen LogP contribution is -2.36. The molecule has 0 unspecified atom stereocenters. The molecule has 4 rings (SSSR count). The number of benzene rings is 1. The third kappa shape index (κ3) is 3.36. The van der Waals surface area contributed by atoms with Crippen LogP contribution in [0.4, 0.5) is 5.95 Å². The van der Waals surface area contributed by atoms with Crippen molar-refractivity contribution < 1.29 is 4.74 Å². The number of anilines is 1. The van der Waals surface area contributed by atoms with Gasteiger partial charge in [-0.3, -0.25) is 4.90 Å². The topological polar surface area (TPSA) is 68.7 Å². The summed E-state index contributed by atoms with van der Waals surface area (Å²) >= 11 is 0. The average Bonchev–Trinajstić information content (AvgIpc) is 3.03. The Balaban J connectivity index is 1.50. The third-order valence-electron chi connectivity index (χ3n) is 4.90. The van der Waals surface area contributed by atoms with Gasteiger partial charge in [-0.15, -0.1) is 5.10 Å². The monoisotopic (exact) mass is 337 g/mol. The van der Waals surface area contributed by atoms with Gasteiger partial charge in [0, 0.05) is 32.3 Å². The summed E-state index contributed by atoms with van der Waals surface area (Å²) in [5.41, 5.74) is 9.92. The highest BCUT2D eigenvalue weighted by molar-refractivity contribution is 5.63. The summed E-state index contributed by atoms with van der Waals surface area (Å²) in [6, 6.07) is 14.6. The first-order chi connectivity index (χ1) is 12.2. The number of rotatable bonds is 4. The summed E-state index contributed by atoms with van der Waals surface area (Å²) < 4.78 is 7.23. The maximum Gasteiger partial charge on any atom is 0.240 e. The summed E-state index contributed by atoms with van der Waals surface area (Å²) in [4.78, 5) is 6.71. The molecule has 0 spiro atoms. The number of hydrogen-bond acceptors (Lipinski definition) is 5. The van der Waals surface area contributed by atoms with Crippen LogP contribution in [0.5, 0.6) is 0 Å². The summed E-state index contributed by atoms with van der Waals surface area (Å²) in [7, 11) is 1.81. The van der Waals surface area contributed by atoms with Crippen molar-refractivity contribution in [2.24, 2.45) is 0 Å². The normalized spacial score (nSPS) is 16.5. The third-order valence-corrected chi connectivity index (χ3v) is 4.90. The molecule has 1 aliphatic rings. The van der Waals surface area contributed by atoms with Crippen molar-refractivity contribution in [3.05, 3.63) is 48.0 Å². The first kappa shape index (κ1) is 16.1. The molecule has 1 fully saturated rings. The molecule has 3 aromatic rings. The number of nitrogens with two attached hydrogens (primary N) is 1. The first-order valence-corrected chi connectivity index (χ1v) is 8.68. The Labute approximate surface area is 147 Å². The number of fused-ring (bicyclic) bond motifs is 1. The zero-order valence-corrected chi connectivity index (χ0v) is 14.4. The highest BCUT2D eigenvalue weighted by Gasteiger charge is 2.18. The van der Waals surface area contributed by atoms with Crippen LogP contribution < -0.4 is 5.73 Å². The SMILES string of the molecule is COC1CCN(Cc2ccc(-c3cccc4nc(N)nn34)cc2)CC1. The molecular formula is C19H23N5O. The summed E-state index contributed by atoms with van der Waals surface area (Å²) in [5, 5.41) is 4.28. The van der Waals surface area contributed by atoms with Crippen LogP contribution >= 0.6 is 0 Å². The summed E-state index contributed by atoms with van der Waals surface area (Å²) in [6.45, 7) is 3.17. The lowest BCUT2D eigenvalue weighted by molar-refractivity contribution is 0.0389. The predicted molar refractivity (Wildman–Crippen MR) is 98.1 cm³/mol. The van der Waals surface area contributed by atoms with E-state index in [9.17, 15) is 0 Å². The van der Waals surface area contributed by atoms with Crippen LogP contribution in [0, 0.1) is 0 Å². The van der Waals surface area contributed by atoms with E-state index in [-0.39, 0.29) is 0 Å². The number of ether oxygens (including phenoxy) is 1. The van der Waals surface area contributed by atoms with E-state index < -0.39 is 0 Å². The fraction of sp³-hybridized carbons (Fsp3) is 0.368. The van der Waals surface area contributed by atoms with Crippen LogP contribution in [0.1, 0.15) is 18.4 Å². The molecule has 130 valence electrons. The molecule has 0 saturated carbocycles.